The molecule has 2 unspecified atom stereocenters. The molecule has 0 aromatic rings. The van der Waals surface area contributed by atoms with Crippen molar-refractivity contribution in [3.63, 3.8) is 0 Å². The number of β-amino-alcohol motifs (C(OH)–C–C–N with tert-alkyl or cyclic N) is 1. The highest BCUT2D eigenvalue weighted by Gasteiger charge is 2.79. The highest BCUT2D eigenvalue weighted by atomic mass is 16.6. The molecule has 3 aliphatic rings. The minimum atomic E-state index is -1.11. The maximum absolute atomic E-state index is 13.8. The fraction of sp³-hybridized carbons (Fsp3) is 0.696. The van der Waals surface area contributed by atoms with Crippen LogP contribution in [0.25, 0.3) is 0 Å². The van der Waals surface area contributed by atoms with Crippen molar-refractivity contribution in [2.24, 2.45) is 11.8 Å². The van der Waals surface area contributed by atoms with Crippen molar-refractivity contribution in [1.82, 2.24) is 9.80 Å². The first-order valence-corrected chi connectivity index (χ1v) is 11.0. The molecule has 0 saturated carbocycles. The van der Waals surface area contributed by atoms with Crippen LogP contribution < -0.4 is 0 Å². The van der Waals surface area contributed by atoms with Gasteiger partial charge in [-0.2, -0.15) is 0 Å². The third-order valence-corrected chi connectivity index (χ3v) is 7.09. The third kappa shape index (κ3) is 3.40. The molecule has 2 bridgehead atoms. The molecule has 0 aliphatic carbocycles. The number of amides is 2. The Morgan fingerprint density at radius 3 is 2.61 bits per heavy atom. The summed E-state index contributed by atoms with van der Waals surface area (Å²) in [6, 6.07) is -1.01. The van der Waals surface area contributed by atoms with Gasteiger partial charge in [-0.15, -0.1) is 6.58 Å². The van der Waals surface area contributed by atoms with E-state index in [9.17, 15) is 19.5 Å². The van der Waals surface area contributed by atoms with Crippen molar-refractivity contribution in [2.75, 3.05) is 26.3 Å². The second-order valence-corrected chi connectivity index (χ2v) is 8.88. The summed E-state index contributed by atoms with van der Waals surface area (Å²) in [5.41, 5.74) is -1.94. The zero-order valence-corrected chi connectivity index (χ0v) is 18.7. The molecule has 1 spiro atoms. The van der Waals surface area contributed by atoms with Crippen LogP contribution in [0.1, 0.15) is 40.0 Å². The van der Waals surface area contributed by atoms with Crippen LogP contribution in [0.2, 0.25) is 0 Å². The van der Waals surface area contributed by atoms with Crippen LogP contribution in [0.15, 0.2) is 25.3 Å². The number of rotatable bonds is 10. The van der Waals surface area contributed by atoms with Gasteiger partial charge in [0.2, 0.25) is 11.8 Å². The molecule has 3 rings (SSSR count). The van der Waals surface area contributed by atoms with E-state index in [1.807, 2.05) is 20.8 Å². The zero-order chi connectivity index (χ0) is 23.0. The Balaban J connectivity index is 2.08. The fourth-order valence-corrected chi connectivity index (χ4v) is 5.79. The number of esters is 1. The average Bonchev–Trinajstić information content (AvgIpc) is 3.34. The number of carbonyl (C=O) groups excluding carboxylic acids is 3. The predicted octanol–water partition coefficient (Wildman–Crippen LogP) is 1.29. The van der Waals surface area contributed by atoms with E-state index in [-0.39, 0.29) is 37.6 Å². The molecule has 31 heavy (non-hydrogen) atoms. The second kappa shape index (κ2) is 8.74. The van der Waals surface area contributed by atoms with Gasteiger partial charge in [0.1, 0.15) is 24.2 Å². The molecule has 3 aliphatic heterocycles. The van der Waals surface area contributed by atoms with Gasteiger partial charge in [0, 0.05) is 19.1 Å². The Morgan fingerprint density at radius 2 is 2.06 bits per heavy atom. The van der Waals surface area contributed by atoms with E-state index in [0.29, 0.717) is 25.8 Å². The third-order valence-electron chi connectivity index (χ3n) is 7.09. The maximum atomic E-state index is 13.8. The lowest BCUT2D eigenvalue weighted by Gasteiger charge is -2.38. The van der Waals surface area contributed by atoms with E-state index in [4.69, 9.17) is 9.47 Å². The molecule has 3 saturated heterocycles. The van der Waals surface area contributed by atoms with Crippen molar-refractivity contribution in [1.29, 1.82) is 0 Å². The molecule has 172 valence electrons. The van der Waals surface area contributed by atoms with Gasteiger partial charge in [-0.25, -0.2) is 0 Å². The SMILES string of the molecule is C=CCOC(=O)[C@H]1[C@H]2C(=O)N(CCO)C(C(=O)N(CC=C)C(C)C)C23CC[C@]1(CC)O3. The Kier molecular flexibility index (Phi) is 6.62. The van der Waals surface area contributed by atoms with Gasteiger partial charge in [0.05, 0.1) is 18.1 Å². The van der Waals surface area contributed by atoms with Crippen LogP contribution >= 0.6 is 0 Å². The summed E-state index contributed by atoms with van der Waals surface area (Å²) in [5.74, 6) is -2.66. The van der Waals surface area contributed by atoms with E-state index in [1.165, 1.54) is 11.0 Å². The summed E-state index contributed by atoms with van der Waals surface area (Å²) in [4.78, 5) is 43.5. The first kappa shape index (κ1) is 23.5. The predicted molar refractivity (Wildman–Crippen MR) is 114 cm³/mol. The summed E-state index contributed by atoms with van der Waals surface area (Å²) in [7, 11) is 0. The van der Waals surface area contributed by atoms with Crippen molar-refractivity contribution in [2.45, 2.75) is 63.3 Å². The largest absolute Gasteiger partial charge is 0.461 e. The smallest absolute Gasteiger partial charge is 0.313 e. The van der Waals surface area contributed by atoms with E-state index >= 15 is 0 Å². The van der Waals surface area contributed by atoms with Gasteiger partial charge in [0.25, 0.3) is 0 Å². The van der Waals surface area contributed by atoms with Gasteiger partial charge >= 0.3 is 5.97 Å². The zero-order valence-electron chi connectivity index (χ0n) is 18.7. The minimum Gasteiger partial charge on any atom is -0.461 e. The molecule has 1 N–H and O–H groups in total. The molecule has 0 aromatic heterocycles. The normalized spacial score (nSPS) is 33.5. The van der Waals surface area contributed by atoms with E-state index in [0.717, 1.165) is 0 Å². The number of aliphatic hydroxyl groups is 1. The Morgan fingerprint density at radius 1 is 1.35 bits per heavy atom. The summed E-state index contributed by atoms with van der Waals surface area (Å²) < 4.78 is 11.9. The van der Waals surface area contributed by atoms with Crippen molar-refractivity contribution < 1.29 is 29.0 Å². The number of likely N-dealkylation sites (tertiary alicyclic amines) is 1. The number of hydrogen-bond acceptors (Lipinski definition) is 6. The van der Waals surface area contributed by atoms with Crippen LogP contribution in [0.5, 0.6) is 0 Å². The fourth-order valence-electron chi connectivity index (χ4n) is 5.79. The highest BCUT2D eigenvalue weighted by Crippen LogP contribution is 2.64. The van der Waals surface area contributed by atoms with Gasteiger partial charge < -0.3 is 24.4 Å². The molecule has 0 radical (unpaired) electrons. The number of nitrogens with zero attached hydrogens (tertiary/aromatic N) is 2. The molecule has 3 fully saturated rings. The minimum absolute atomic E-state index is 0.00439. The van der Waals surface area contributed by atoms with Crippen LogP contribution in [0.3, 0.4) is 0 Å². The molecule has 8 heteroatoms. The van der Waals surface area contributed by atoms with Gasteiger partial charge in [-0.3, -0.25) is 14.4 Å². The van der Waals surface area contributed by atoms with Crippen LogP contribution in [-0.2, 0) is 23.9 Å². The van der Waals surface area contributed by atoms with Crippen molar-refractivity contribution >= 4 is 17.8 Å². The summed E-state index contributed by atoms with van der Waals surface area (Å²) in [6.45, 7) is 13.2. The summed E-state index contributed by atoms with van der Waals surface area (Å²) in [6.07, 6.45) is 4.74. The highest BCUT2D eigenvalue weighted by molar-refractivity contribution is 5.98. The molecule has 5 atom stereocenters. The summed E-state index contributed by atoms with van der Waals surface area (Å²) in [5, 5.41) is 9.64. The van der Waals surface area contributed by atoms with Gasteiger partial charge in [0.15, 0.2) is 0 Å². The van der Waals surface area contributed by atoms with Crippen molar-refractivity contribution in [3.8, 4) is 0 Å². The average molecular weight is 435 g/mol. The quantitative estimate of drug-likeness (QED) is 0.411. The number of aliphatic hydroxyl groups excluding tert-OH is 1. The van der Waals surface area contributed by atoms with E-state index in [1.54, 1.807) is 11.0 Å². The van der Waals surface area contributed by atoms with Crippen LogP contribution in [-0.4, -0.2) is 82.3 Å². The molecule has 3 heterocycles. The first-order chi connectivity index (χ1) is 14.7. The van der Waals surface area contributed by atoms with Gasteiger partial charge in [-0.05, 0) is 33.1 Å². The number of carbonyl (C=O) groups is 3. The van der Waals surface area contributed by atoms with E-state index in [2.05, 4.69) is 13.2 Å². The molecular formula is C23H34N2O6. The number of hydrogen-bond donors (Lipinski definition) is 1. The monoisotopic (exact) mass is 434 g/mol. The number of ether oxygens (including phenoxy) is 2. The molecular weight excluding hydrogens is 400 g/mol. The van der Waals surface area contributed by atoms with Crippen LogP contribution in [0.4, 0.5) is 0 Å². The Bertz CT molecular complexity index is 767. The lowest BCUT2D eigenvalue weighted by atomic mass is 9.65. The lowest BCUT2D eigenvalue weighted by molar-refractivity contribution is -0.161. The van der Waals surface area contributed by atoms with Crippen molar-refractivity contribution in [3.05, 3.63) is 25.3 Å². The van der Waals surface area contributed by atoms with Gasteiger partial charge in [-0.1, -0.05) is 25.7 Å². The molecule has 8 nitrogen and oxygen atoms in total. The maximum Gasteiger partial charge on any atom is 0.313 e. The Labute approximate surface area is 183 Å². The standard InChI is InChI=1S/C23H34N2O6/c1-6-11-24(15(4)5)20(28)18-23-10-9-22(8-3,31-23)17(21(29)30-14-7-2)16(23)19(27)25(18)12-13-26/h6-7,15-18,26H,1-2,8-14H2,3-5H3/t16-,17+,18?,22-,23?/m0/s1. The Hall–Kier alpha value is -2.19. The summed E-state index contributed by atoms with van der Waals surface area (Å²) >= 11 is 0. The van der Waals surface area contributed by atoms with E-state index < -0.39 is 35.0 Å². The first-order valence-electron chi connectivity index (χ1n) is 11.0. The number of fused-ring (bicyclic) bond motifs is 1. The lowest BCUT2D eigenvalue weighted by Crippen LogP contribution is -2.57. The van der Waals surface area contributed by atoms with Crippen LogP contribution in [0, 0.1) is 11.8 Å². The molecule has 0 aromatic carbocycles. The molecule has 2 amide bonds. The topological polar surface area (TPSA) is 96.4 Å². The second-order valence-electron chi connectivity index (χ2n) is 8.88.